The van der Waals surface area contributed by atoms with Crippen LogP contribution in [0.25, 0.3) is 5.65 Å². The zero-order valence-electron chi connectivity index (χ0n) is 16.9. The van der Waals surface area contributed by atoms with Crippen LogP contribution in [0, 0.1) is 0 Å². The fourth-order valence-corrected chi connectivity index (χ4v) is 3.86. The molecule has 154 valence electrons. The molecular formula is C24H22N6O. The van der Waals surface area contributed by atoms with E-state index in [9.17, 15) is 0 Å². The smallest absolute Gasteiger partial charge is 0.214 e. The van der Waals surface area contributed by atoms with Gasteiger partial charge in [-0.15, -0.1) is 0 Å². The fraction of sp³-hybridized carbons (Fsp3) is 0.208. The maximum atomic E-state index is 5.94. The quantitative estimate of drug-likeness (QED) is 0.463. The van der Waals surface area contributed by atoms with E-state index in [1.54, 1.807) is 6.20 Å². The van der Waals surface area contributed by atoms with E-state index in [0.717, 1.165) is 35.1 Å². The molecule has 1 aromatic carbocycles. The number of nitrogens with one attached hydrogen (secondary N) is 2. The average molecular weight is 410 g/mol. The molecule has 1 saturated carbocycles. The maximum absolute atomic E-state index is 5.94. The van der Waals surface area contributed by atoms with Crippen LogP contribution in [-0.4, -0.2) is 24.6 Å². The second kappa shape index (κ2) is 7.43. The van der Waals surface area contributed by atoms with Crippen LogP contribution in [0.1, 0.15) is 42.5 Å². The van der Waals surface area contributed by atoms with Crippen molar-refractivity contribution in [1.82, 2.24) is 24.6 Å². The van der Waals surface area contributed by atoms with Crippen LogP contribution >= 0.6 is 0 Å². The number of hydrogen-bond donors (Lipinski definition) is 2. The highest BCUT2D eigenvalue weighted by molar-refractivity contribution is 5.55. The molecule has 3 heterocycles. The van der Waals surface area contributed by atoms with Gasteiger partial charge in [0.15, 0.2) is 5.82 Å². The molecule has 0 amide bonds. The molecule has 2 aliphatic carbocycles. The van der Waals surface area contributed by atoms with Crippen LogP contribution in [0.5, 0.6) is 5.75 Å². The molecule has 1 atom stereocenters. The summed E-state index contributed by atoms with van der Waals surface area (Å²) < 4.78 is 7.89. The molecular weight excluding hydrogens is 388 g/mol. The monoisotopic (exact) mass is 410 g/mol. The molecule has 2 aliphatic rings. The summed E-state index contributed by atoms with van der Waals surface area (Å²) >= 11 is 0. The Kier molecular flexibility index (Phi) is 4.30. The summed E-state index contributed by atoms with van der Waals surface area (Å²) in [6.07, 6.45) is 13.2. The van der Waals surface area contributed by atoms with Gasteiger partial charge in [0.05, 0.1) is 5.69 Å². The van der Waals surface area contributed by atoms with Crippen molar-refractivity contribution in [3.63, 3.8) is 0 Å². The Hall–Kier alpha value is -3.87. The van der Waals surface area contributed by atoms with Crippen LogP contribution in [0.4, 0.5) is 11.8 Å². The lowest BCUT2D eigenvalue weighted by Crippen LogP contribution is -2.08. The van der Waals surface area contributed by atoms with Crippen molar-refractivity contribution in [3.8, 4) is 5.75 Å². The molecule has 7 nitrogen and oxygen atoms in total. The summed E-state index contributed by atoms with van der Waals surface area (Å²) in [5.74, 6) is 3.96. The predicted molar refractivity (Wildman–Crippen MR) is 118 cm³/mol. The summed E-state index contributed by atoms with van der Waals surface area (Å²) in [5.41, 5.74) is 3.01. The molecule has 4 aromatic rings. The Morgan fingerprint density at radius 3 is 2.84 bits per heavy atom. The first kappa shape index (κ1) is 17.9. The van der Waals surface area contributed by atoms with Gasteiger partial charge >= 0.3 is 0 Å². The van der Waals surface area contributed by atoms with Gasteiger partial charge in [0.25, 0.3) is 0 Å². The molecule has 6 rings (SSSR count). The Bertz CT molecular complexity index is 1280. The van der Waals surface area contributed by atoms with Crippen LogP contribution in [-0.2, 0) is 0 Å². The summed E-state index contributed by atoms with van der Waals surface area (Å²) in [5, 5.41) is 10.9. The van der Waals surface area contributed by atoms with E-state index in [4.69, 9.17) is 9.72 Å². The second-order valence-electron chi connectivity index (χ2n) is 7.99. The Labute approximate surface area is 179 Å². The third-order valence-electron chi connectivity index (χ3n) is 5.69. The molecule has 0 radical (unpaired) electrons. The van der Waals surface area contributed by atoms with Gasteiger partial charge in [0, 0.05) is 42.1 Å². The molecule has 0 aliphatic heterocycles. The van der Waals surface area contributed by atoms with Gasteiger partial charge < -0.3 is 10.1 Å². The highest BCUT2D eigenvalue weighted by Gasteiger charge is 2.25. The number of rotatable bonds is 6. The zero-order chi connectivity index (χ0) is 20.6. The lowest BCUT2D eigenvalue weighted by Gasteiger charge is -2.17. The third-order valence-corrected chi connectivity index (χ3v) is 5.69. The lowest BCUT2D eigenvalue weighted by atomic mass is 9.96. The lowest BCUT2D eigenvalue weighted by molar-refractivity contribution is 0.437. The minimum absolute atomic E-state index is 0.159. The largest absolute Gasteiger partial charge is 0.458 e. The highest BCUT2D eigenvalue weighted by atomic mass is 16.5. The minimum Gasteiger partial charge on any atom is -0.458 e. The van der Waals surface area contributed by atoms with E-state index in [0.29, 0.717) is 11.9 Å². The van der Waals surface area contributed by atoms with Crippen molar-refractivity contribution in [3.05, 3.63) is 90.2 Å². The van der Waals surface area contributed by atoms with Gasteiger partial charge in [0.2, 0.25) is 5.95 Å². The number of H-pyrrole nitrogens is 1. The average Bonchev–Trinajstić information content (AvgIpc) is 3.35. The number of para-hydroxylation sites is 1. The SMILES string of the molecule is C1=CC(c2cc3nccn3c(Nc3cc(C4CC4)[nH]n3)n2)CC=C1Oc1ccccc1. The number of hydrogen-bond acceptors (Lipinski definition) is 5. The standard InChI is InChI=1S/C24H22N6O/c1-2-4-18(5-3-1)31-19-10-8-16(9-11-19)20-15-23-25-12-13-30(23)24(26-20)27-22-14-21(28-29-22)17-6-7-17/h1-5,8,10-17H,6-7,9H2,(H2,26,27,28,29). The Morgan fingerprint density at radius 1 is 1.13 bits per heavy atom. The van der Waals surface area contributed by atoms with Gasteiger partial charge in [-0.3, -0.25) is 9.50 Å². The molecule has 7 heteroatoms. The topological polar surface area (TPSA) is 80.1 Å². The number of anilines is 2. The fourth-order valence-electron chi connectivity index (χ4n) is 3.86. The second-order valence-corrected chi connectivity index (χ2v) is 7.99. The normalized spacial score (nSPS) is 18.2. The van der Waals surface area contributed by atoms with Gasteiger partial charge in [-0.25, -0.2) is 9.97 Å². The van der Waals surface area contributed by atoms with Crippen molar-refractivity contribution in [1.29, 1.82) is 0 Å². The number of fused-ring (bicyclic) bond motifs is 1. The molecule has 1 fully saturated rings. The van der Waals surface area contributed by atoms with Crippen molar-refractivity contribution < 1.29 is 4.74 Å². The number of benzene rings is 1. The van der Waals surface area contributed by atoms with Gasteiger partial charge in [-0.1, -0.05) is 24.3 Å². The zero-order valence-corrected chi connectivity index (χ0v) is 16.9. The summed E-state index contributed by atoms with van der Waals surface area (Å²) in [4.78, 5) is 9.39. The van der Waals surface area contributed by atoms with Crippen molar-refractivity contribution in [2.75, 3.05) is 5.32 Å². The van der Waals surface area contributed by atoms with Crippen molar-refractivity contribution in [2.45, 2.75) is 31.1 Å². The van der Waals surface area contributed by atoms with Gasteiger partial charge in [0.1, 0.15) is 17.2 Å². The minimum atomic E-state index is 0.159. The molecule has 0 saturated heterocycles. The molecule has 2 N–H and O–H groups in total. The number of aromatic nitrogens is 5. The Morgan fingerprint density at radius 2 is 2.03 bits per heavy atom. The summed E-state index contributed by atoms with van der Waals surface area (Å²) in [6, 6.07) is 13.9. The third kappa shape index (κ3) is 3.70. The van der Waals surface area contributed by atoms with Crippen LogP contribution in [0.2, 0.25) is 0 Å². The van der Waals surface area contributed by atoms with E-state index in [-0.39, 0.29) is 5.92 Å². The van der Waals surface area contributed by atoms with E-state index < -0.39 is 0 Å². The van der Waals surface area contributed by atoms with E-state index in [2.05, 4.69) is 38.7 Å². The number of imidazole rings is 1. The van der Waals surface area contributed by atoms with Gasteiger partial charge in [-0.05, 0) is 43.5 Å². The van der Waals surface area contributed by atoms with Crippen LogP contribution in [0.15, 0.2) is 78.8 Å². The molecule has 0 bridgehead atoms. The first-order valence-corrected chi connectivity index (χ1v) is 10.6. The molecule has 1 unspecified atom stereocenters. The Balaban J connectivity index is 1.24. The highest BCUT2D eigenvalue weighted by Crippen LogP contribution is 2.39. The first-order valence-electron chi connectivity index (χ1n) is 10.6. The van der Waals surface area contributed by atoms with Crippen LogP contribution < -0.4 is 10.1 Å². The van der Waals surface area contributed by atoms with E-state index in [1.165, 1.54) is 18.5 Å². The van der Waals surface area contributed by atoms with E-state index in [1.807, 2.05) is 53.1 Å². The predicted octanol–water partition coefficient (Wildman–Crippen LogP) is 5.08. The number of ether oxygens (including phenoxy) is 1. The number of nitrogens with zero attached hydrogens (tertiary/aromatic N) is 4. The molecule has 31 heavy (non-hydrogen) atoms. The number of allylic oxidation sites excluding steroid dienone is 3. The molecule has 0 spiro atoms. The first-order chi connectivity index (χ1) is 15.3. The summed E-state index contributed by atoms with van der Waals surface area (Å²) in [7, 11) is 0. The number of aromatic amines is 1. The van der Waals surface area contributed by atoms with Crippen LogP contribution in [0.3, 0.4) is 0 Å². The van der Waals surface area contributed by atoms with E-state index >= 15 is 0 Å². The van der Waals surface area contributed by atoms with Gasteiger partial charge in [-0.2, -0.15) is 5.10 Å². The maximum Gasteiger partial charge on any atom is 0.214 e. The summed E-state index contributed by atoms with van der Waals surface area (Å²) in [6.45, 7) is 0. The molecule has 3 aromatic heterocycles. The van der Waals surface area contributed by atoms with Crippen molar-refractivity contribution in [2.24, 2.45) is 0 Å². The van der Waals surface area contributed by atoms with Crippen molar-refractivity contribution >= 4 is 17.4 Å².